The van der Waals surface area contributed by atoms with Gasteiger partial charge in [-0.3, -0.25) is 9.59 Å². The Labute approximate surface area is 160 Å². The van der Waals surface area contributed by atoms with Gasteiger partial charge < -0.3 is 15.4 Å². The highest BCUT2D eigenvalue weighted by molar-refractivity contribution is 6.04. The van der Waals surface area contributed by atoms with Crippen molar-refractivity contribution < 1.29 is 40.7 Å². The summed E-state index contributed by atoms with van der Waals surface area (Å²) in [6.07, 6.45) is -9.61. The van der Waals surface area contributed by atoms with Crippen molar-refractivity contribution in [3.05, 3.63) is 59.7 Å². The first kappa shape index (κ1) is 22.1. The SMILES string of the molecule is O=C(Cc1ccc(NC(=O)c2ccc(OC(F)(F)F)cc2)cc1)NCC(F)(F)F. The first-order valence-electron chi connectivity index (χ1n) is 8.01. The van der Waals surface area contributed by atoms with Crippen molar-refractivity contribution in [2.24, 2.45) is 0 Å². The van der Waals surface area contributed by atoms with Crippen LogP contribution in [0.2, 0.25) is 0 Å². The van der Waals surface area contributed by atoms with Crippen molar-refractivity contribution >= 4 is 17.5 Å². The smallest absolute Gasteiger partial charge is 0.406 e. The maximum atomic E-state index is 12.1. The van der Waals surface area contributed by atoms with Crippen LogP contribution in [0.25, 0.3) is 0 Å². The van der Waals surface area contributed by atoms with Crippen molar-refractivity contribution in [2.75, 3.05) is 11.9 Å². The number of halogens is 6. The molecule has 0 radical (unpaired) electrons. The number of amides is 2. The average molecular weight is 420 g/mol. The molecule has 2 rings (SSSR count). The molecule has 0 bridgehead atoms. The highest BCUT2D eigenvalue weighted by atomic mass is 19.4. The fraction of sp³-hybridized carbons (Fsp3) is 0.222. The molecule has 0 heterocycles. The third kappa shape index (κ3) is 8.11. The molecule has 2 aromatic rings. The normalized spacial score (nSPS) is 11.7. The Kier molecular flexibility index (Phi) is 6.72. The lowest BCUT2D eigenvalue weighted by Gasteiger charge is -2.10. The second kappa shape index (κ2) is 8.84. The van der Waals surface area contributed by atoms with Gasteiger partial charge in [-0.15, -0.1) is 13.2 Å². The Morgan fingerprint density at radius 3 is 1.97 bits per heavy atom. The fourth-order valence-corrected chi connectivity index (χ4v) is 2.16. The highest BCUT2D eigenvalue weighted by Gasteiger charge is 2.31. The van der Waals surface area contributed by atoms with Crippen LogP contribution >= 0.6 is 0 Å². The van der Waals surface area contributed by atoms with Crippen LogP contribution in [-0.2, 0) is 11.2 Å². The van der Waals surface area contributed by atoms with E-state index in [0.717, 1.165) is 24.3 Å². The Bertz CT molecular complexity index is 846. The lowest BCUT2D eigenvalue weighted by atomic mass is 10.1. The number of hydrogen-bond donors (Lipinski definition) is 2. The number of ether oxygens (including phenoxy) is 1. The van der Waals surface area contributed by atoms with E-state index in [-0.39, 0.29) is 12.0 Å². The van der Waals surface area contributed by atoms with Crippen LogP contribution < -0.4 is 15.4 Å². The van der Waals surface area contributed by atoms with E-state index in [1.54, 1.807) is 5.32 Å². The van der Waals surface area contributed by atoms with E-state index in [9.17, 15) is 35.9 Å². The first-order valence-corrected chi connectivity index (χ1v) is 8.01. The maximum Gasteiger partial charge on any atom is 0.573 e. The summed E-state index contributed by atoms with van der Waals surface area (Å²) >= 11 is 0. The standard InChI is InChI=1S/C18H14F6N2O3/c19-17(20,21)10-25-15(27)9-11-1-5-13(6-2-11)26-16(28)12-3-7-14(8-4-12)29-18(22,23)24/h1-8H,9-10H2,(H,25,27)(H,26,28). The molecule has 0 saturated heterocycles. The molecule has 0 atom stereocenters. The zero-order chi connectivity index (χ0) is 21.7. The van der Waals surface area contributed by atoms with Crippen molar-refractivity contribution in [3.8, 4) is 5.75 Å². The number of rotatable bonds is 6. The molecule has 0 spiro atoms. The Balaban J connectivity index is 1.90. The zero-order valence-corrected chi connectivity index (χ0v) is 14.5. The predicted octanol–water partition coefficient (Wildman–Crippen LogP) is 4.06. The van der Waals surface area contributed by atoms with Crippen molar-refractivity contribution in [3.63, 3.8) is 0 Å². The molecule has 156 valence electrons. The lowest BCUT2D eigenvalue weighted by molar-refractivity contribution is -0.274. The number of nitrogens with one attached hydrogen (secondary N) is 2. The van der Waals surface area contributed by atoms with Gasteiger partial charge in [0, 0.05) is 11.3 Å². The molecule has 0 fully saturated rings. The number of carbonyl (C=O) groups excluding carboxylic acids is 2. The quantitative estimate of drug-likeness (QED) is 0.693. The zero-order valence-electron chi connectivity index (χ0n) is 14.5. The summed E-state index contributed by atoms with van der Waals surface area (Å²) in [5.41, 5.74) is 0.830. The molecule has 29 heavy (non-hydrogen) atoms. The van der Waals surface area contributed by atoms with Gasteiger partial charge in [0.15, 0.2) is 0 Å². The van der Waals surface area contributed by atoms with E-state index in [1.165, 1.54) is 24.3 Å². The average Bonchev–Trinajstić information content (AvgIpc) is 2.60. The molecule has 2 N–H and O–H groups in total. The molecule has 5 nitrogen and oxygen atoms in total. The predicted molar refractivity (Wildman–Crippen MR) is 90.3 cm³/mol. The Hall–Kier alpha value is -3.24. The van der Waals surface area contributed by atoms with Crippen LogP contribution in [0.5, 0.6) is 5.75 Å². The largest absolute Gasteiger partial charge is 0.573 e. The van der Waals surface area contributed by atoms with Crippen LogP contribution in [0.1, 0.15) is 15.9 Å². The van der Waals surface area contributed by atoms with Gasteiger partial charge >= 0.3 is 12.5 Å². The van der Waals surface area contributed by atoms with E-state index in [1.807, 2.05) is 0 Å². The van der Waals surface area contributed by atoms with Gasteiger partial charge in [-0.05, 0) is 42.0 Å². The summed E-state index contributed by atoms with van der Waals surface area (Å²) in [6.45, 7) is -1.42. The molecule has 2 amide bonds. The molecule has 0 saturated carbocycles. The summed E-state index contributed by atoms with van der Waals surface area (Å²) in [5.74, 6) is -1.87. The van der Waals surface area contributed by atoms with E-state index < -0.39 is 36.6 Å². The van der Waals surface area contributed by atoms with Gasteiger partial charge in [-0.2, -0.15) is 13.2 Å². The third-order valence-electron chi connectivity index (χ3n) is 3.41. The van der Waals surface area contributed by atoms with Gasteiger partial charge in [-0.25, -0.2) is 0 Å². The summed E-state index contributed by atoms with van der Waals surface area (Å²) < 4.78 is 76.2. The first-order chi connectivity index (χ1) is 13.4. The van der Waals surface area contributed by atoms with Gasteiger partial charge in [0.1, 0.15) is 12.3 Å². The minimum atomic E-state index is -4.84. The number of hydrogen-bond acceptors (Lipinski definition) is 3. The minimum absolute atomic E-state index is 0.0788. The monoisotopic (exact) mass is 420 g/mol. The second-order valence-corrected chi connectivity index (χ2v) is 5.79. The van der Waals surface area contributed by atoms with Gasteiger partial charge in [-0.1, -0.05) is 12.1 Å². The highest BCUT2D eigenvalue weighted by Crippen LogP contribution is 2.23. The van der Waals surface area contributed by atoms with Crippen LogP contribution in [0.15, 0.2) is 48.5 Å². The minimum Gasteiger partial charge on any atom is -0.406 e. The molecule has 0 aliphatic carbocycles. The van der Waals surface area contributed by atoms with Crippen molar-refractivity contribution in [1.29, 1.82) is 0 Å². The molecule has 2 aromatic carbocycles. The summed E-state index contributed by atoms with van der Waals surface area (Å²) in [7, 11) is 0. The van der Waals surface area contributed by atoms with Crippen LogP contribution in [0, 0.1) is 0 Å². The summed E-state index contributed by atoms with van der Waals surface area (Å²) in [6, 6.07) is 10.0. The fourth-order valence-electron chi connectivity index (χ4n) is 2.16. The molecule has 0 aliphatic heterocycles. The molecule has 11 heteroatoms. The lowest BCUT2D eigenvalue weighted by Crippen LogP contribution is -2.34. The van der Waals surface area contributed by atoms with Gasteiger partial charge in [0.25, 0.3) is 5.91 Å². The molecule has 0 aromatic heterocycles. The van der Waals surface area contributed by atoms with E-state index in [0.29, 0.717) is 11.3 Å². The van der Waals surface area contributed by atoms with E-state index in [4.69, 9.17) is 0 Å². The summed E-state index contributed by atoms with van der Waals surface area (Å²) in [4.78, 5) is 23.6. The van der Waals surface area contributed by atoms with Crippen LogP contribution in [0.3, 0.4) is 0 Å². The molecular weight excluding hydrogens is 406 g/mol. The Morgan fingerprint density at radius 1 is 0.862 bits per heavy atom. The second-order valence-electron chi connectivity index (χ2n) is 5.79. The van der Waals surface area contributed by atoms with E-state index >= 15 is 0 Å². The van der Waals surface area contributed by atoms with Gasteiger partial charge in [0.05, 0.1) is 6.42 Å². The number of benzene rings is 2. The third-order valence-corrected chi connectivity index (χ3v) is 3.41. The van der Waals surface area contributed by atoms with Gasteiger partial charge in [0.2, 0.25) is 5.91 Å². The van der Waals surface area contributed by atoms with Crippen molar-refractivity contribution in [1.82, 2.24) is 5.32 Å². The Morgan fingerprint density at radius 2 is 1.45 bits per heavy atom. The number of anilines is 1. The number of carbonyl (C=O) groups is 2. The molecular formula is C18H14F6N2O3. The van der Waals surface area contributed by atoms with Crippen LogP contribution in [-0.4, -0.2) is 30.9 Å². The number of alkyl halides is 6. The summed E-state index contributed by atoms with van der Waals surface area (Å²) in [5, 5.41) is 4.24. The topological polar surface area (TPSA) is 67.4 Å². The molecule has 0 unspecified atom stereocenters. The van der Waals surface area contributed by atoms with E-state index in [2.05, 4.69) is 10.1 Å². The van der Waals surface area contributed by atoms with Crippen LogP contribution in [0.4, 0.5) is 32.0 Å². The maximum absolute atomic E-state index is 12.1. The molecule has 0 aliphatic rings. The van der Waals surface area contributed by atoms with Crippen molar-refractivity contribution in [2.45, 2.75) is 19.0 Å².